The van der Waals surface area contributed by atoms with Crippen molar-refractivity contribution in [2.24, 2.45) is 5.73 Å². The summed E-state index contributed by atoms with van der Waals surface area (Å²) >= 11 is 0. The van der Waals surface area contributed by atoms with Crippen molar-refractivity contribution in [2.45, 2.75) is 25.3 Å². The number of amides is 2. The largest absolute Gasteiger partial charge is 0.351 e. The molecule has 0 unspecified atom stereocenters. The van der Waals surface area contributed by atoms with Crippen LogP contribution >= 0.6 is 0 Å². The van der Waals surface area contributed by atoms with Crippen molar-refractivity contribution in [1.82, 2.24) is 9.55 Å². The lowest BCUT2D eigenvalue weighted by Gasteiger charge is -2.39. The maximum absolute atomic E-state index is 13.6. The van der Waals surface area contributed by atoms with Crippen LogP contribution < -0.4 is 10.6 Å². The Morgan fingerprint density at radius 3 is 2.62 bits per heavy atom. The van der Waals surface area contributed by atoms with Crippen molar-refractivity contribution in [3.05, 3.63) is 85.5 Å². The summed E-state index contributed by atoms with van der Waals surface area (Å²) in [6, 6.07) is 9.54. The number of halogens is 1. The molecule has 3 aromatic rings. The number of aromatic nitrogens is 2. The predicted molar refractivity (Wildman–Crippen MR) is 115 cm³/mol. The Balaban J connectivity index is 2.16. The minimum atomic E-state index is -0.610. The number of carbonyl (C=O) groups excluding carboxylic acids is 1. The van der Waals surface area contributed by atoms with Crippen LogP contribution in [0.5, 0.6) is 0 Å². The molecule has 0 spiro atoms. The molecule has 5 nitrogen and oxygen atoms in total. The van der Waals surface area contributed by atoms with Crippen LogP contribution in [-0.4, -0.2) is 22.1 Å². The zero-order valence-corrected chi connectivity index (χ0v) is 16.5. The van der Waals surface area contributed by atoms with Crippen molar-refractivity contribution in [3.63, 3.8) is 0 Å². The number of hydrogen-bond donors (Lipinski definition) is 1. The lowest BCUT2D eigenvalue weighted by molar-refractivity contribution is 0.245. The van der Waals surface area contributed by atoms with E-state index in [0.29, 0.717) is 24.1 Å². The van der Waals surface area contributed by atoms with Crippen molar-refractivity contribution >= 4 is 22.8 Å². The number of anilines is 1. The molecule has 1 aromatic carbocycles. The number of aryl methyl sites for hydroxylation is 1. The lowest BCUT2D eigenvalue weighted by atomic mass is 9.89. The van der Waals surface area contributed by atoms with E-state index in [1.165, 1.54) is 17.0 Å². The average molecular weight is 392 g/mol. The number of nitrogens with zero attached hydrogens (tertiary/aromatic N) is 3. The molecule has 2 aromatic heterocycles. The van der Waals surface area contributed by atoms with Gasteiger partial charge in [-0.2, -0.15) is 0 Å². The fraction of sp³-hybridized carbons (Fsp3) is 0.217. The highest BCUT2D eigenvalue weighted by atomic mass is 19.1. The molecule has 0 radical (unpaired) electrons. The Hall–Kier alpha value is -3.41. The van der Waals surface area contributed by atoms with Gasteiger partial charge in [-0.3, -0.25) is 4.90 Å². The van der Waals surface area contributed by atoms with Gasteiger partial charge in [0.2, 0.25) is 0 Å². The number of fused-ring (bicyclic) bond motifs is 1. The smallest absolute Gasteiger partial charge is 0.319 e. The van der Waals surface area contributed by atoms with E-state index in [2.05, 4.69) is 22.7 Å². The second-order valence-corrected chi connectivity index (χ2v) is 7.17. The Kier molecular flexibility index (Phi) is 5.82. The van der Waals surface area contributed by atoms with E-state index in [1.54, 1.807) is 19.2 Å². The molecule has 3 rings (SSSR count). The molecule has 0 aliphatic rings. The topological polar surface area (TPSA) is 64.2 Å². The van der Waals surface area contributed by atoms with Gasteiger partial charge in [-0.25, -0.2) is 14.2 Å². The van der Waals surface area contributed by atoms with E-state index in [0.717, 1.165) is 11.0 Å². The standard InChI is InChI=1S/C23H25FN4O/c1-4-11-23(12-5-2,28-14-10-18-7-6-13-26-21(18)28)16-27(22(25)29)20-9-8-19(24)15-17(20)3/h4-10,13-15H,1-2,11-12,16H2,3H3,(H2,25,29). The molecule has 0 bridgehead atoms. The highest BCUT2D eigenvalue weighted by Crippen LogP contribution is 2.34. The second-order valence-electron chi connectivity index (χ2n) is 7.17. The molecule has 2 amide bonds. The Labute approximate surface area is 170 Å². The first-order chi connectivity index (χ1) is 13.9. The van der Waals surface area contributed by atoms with Crippen LogP contribution in [0.2, 0.25) is 0 Å². The van der Waals surface area contributed by atoms with Crippen molar-refractivity contribution in [3.8, 4) is 0 Å². The van der Waals surface area contributed by atoms with Gasteiger partial charge in [-0.1, -0.05) is 12.2 Å². The first-order valence-electron chi connectivity index (χ1n) is 9.39. The molecule has 0 atom stereocenters. The van der Waals surface area contributed by atoms with Crippen molar-refractivity contribution in [2.75, 3.05) is 11.4 Å². The third kappa shape index (κ3) is 3.92. The van der Waals surface area contributed by atoms with Crippen LogP contribution in [-0.2, 0) is 5.54 Å². The van der Waals surface area contributed by atoms with Gasteiger partial charge in [0.1, 0.15) is 11.5 Å². The minimum Gasteiger partial charge on any atom is -0.351 e. The second kappa shape index (κ2) is 8.31. The summed E-state index contributed by atoms with van der Waals surface area (Å²) in [5, 5.41) is 0.994. The van der Waals surface area contributed by atoms with Gasteiger partial charge in [0.05, 0.1) is 12.1 Å². The fourth-order valence-corrected chi connectivity index (χ4v) is 3.87. The third-order valence-corrected chi connectivity index (χ3v) is 5.18. The van der Waals surface area contributed by atoms with Crippen LogP contribution in [0.3, 0.4) is 0 Å². The van der Waals surface area contributed by atoms with E-state index in [9.17, 15) is 9.18 Å². The van der Waals surface area contributed by atoms with Gasteiger partial charge in [0.25, 0.3) is 0 Å². The molecule has 0 aliphatic carbocycles. The summed E-state index contributed by atoms with van der Waals surface area (Å²) in [5.74, 6) is -0.361. The summed E-state index contributed by atoms with van der Waals surface area (Å²) in [6.45, 7) is 9.85. The molecule has 2 N–H and O–H groups in total. The predicted octanol–water partition coefficient (Wildman–Crippen LogP) is 4.92. The SMILES string of the molecule is C=CCC(CC=C)(CN(C(N)=O)c1ccc(F)cc1C)n1ccc2cccnc21. The van der Waals surface area contributed by atoms with Gasteiger partial charge < -0.3 is 10.3 Å². The van der Waals surface area contributed by atoms with Gasteiger partial charge in [-0.15, -0.1) is 13.2 Å². The molecule has 0 fully saturated rings. The molecule has 2 heterocycles. The molecule has 150 valence electrons. The number of urea groups is 1. The van der Waals surface area contributed by atoms with E-state index in [-0.39, 0.29) is 12.4 Å². The zero-order valence-electron chi connectivity index (χ0n) is 16.5. The molecule has 29 heavy (non-hydrogen) atoms. The van der Waals surface area contributed by atoms with Gasteiger partial charge in [0, 0.05) is 23.5 Å². The maximum Gasteiger partial charge on any atom is 0.319 e. The van der Waals surface area contributed by atoms with Crippen LogP contribution in [0.1, 0.15) is 18.4 Å². The molecule has 6 heteroatoms. The average Bonchev–Trinajstić information content (AvgIpc) is 3.11. The molecular weight excluding hydrogens is 367 g/mol. The van der Waals surface area contributed by atoms with E-state index >= 15 is 0 Å². The fourth-order valence-electron chi connectivity index (χ4n) is 3.87. The summed E-state index contributed by atoms with van der Waals surface area (Å²) in [4.78, 5) is 18.5. The van der Waals surface area contributed by atoms with E-state index < -0.39 is 11.6 Å². The first kappa shape index (κ1) is 20.3. The maximum atomic E-state index is 13.6. The van der Waals surface area contributed by atoms with E-state index in [4.69, 9.17) is 5.73 Å². The Morgan fingerprint density at radius 2 is 2.00 bits per heavy atom. The summed E-state index contributed by atoms with van der Waals surface area (Å²) in [6.07, 6.45) is 8.44. The monoisotopic (exact) mass is 392 g/mol. The lowest BCUT2D eigenvalue weighted by Crippen LogP contribution is -2.49. The van der Waals surface area contributed by atoms with Gasteiger partial charge >= 0.3 is 6.03 Å². The number of benzene rings is 1. The number of rotatable bonds is 8. The Morgan fingerprint density at radius 1 is 1.28 bits per heavy atom. The Bertz CT molecular complexity index is 1050. The summed E-state index contributed by atoms with van der Waals surface area (Å²) in [5.41, 5.74) is 7.16. The highest BCUT2D eigenvalue weighted by Gasteiger charge is 2.35. The van der Waals surface area contributed by atoms with Crippen LogP contribution in [0, 0.1) is 12.7 Å². The normalized spacial score (nSPS) is 11.4. The van der Waals surface area contributed by atoms with Gasteiger partial charge in [-0.05, 0) is 61.7 Å². The molecule has 0 aliphatic heterocycles. The molecule has 0 saturated heterocycles. The quantitative estimate of drug-likeness (QED) is 0.553. The molecular formula is C23H25FN4O. The van der Waals surface area contributed by atoms with Crippen LogP contribution in [0.4, 0.5) is 14.9 Å². The first-order valence-corrected chi connectivity index (χ1v) is 9.39. The van der Waals surface area contributed by atoms with Crippen molar-refractivity contribution < 1.29 is 9.18 Å². The summed E-state index contributed by atoms with van der Waals surface area (Å²) < 4.78 is 15.7. The summed E-state index contributed by atoms with van der Waals surface area (Å²) in [7, 11) is 0. The van der Waals surface area contributed by atoms with E-state index in [1.807, 2.05) is 36.5 Å². The number of pyridine rings is 1. The number of hydrogen-bond acceptors (Lipinski definition) is 2. The third-order valence-electron chi connectivity index (χ3n) is 5.18. The minimum absolute atomic E-state index is 0.257. The number of primary amides is 1. The van der Waals surface area contributed by atoms with Crippen LogP contribution in [0.15, 0.2) is 74.1 Å². The molecule has 0 saturated carbocycles. The number of nitrogens with two attached hydrogens (primary N) is 1. The van der Waals surface area contributed by atoms with Crippen LogP contribution in [0.25, 0.3) is 11.0 Å². The highest BCUT2D eigenvalue weighted by molar-refractivity contribution is 5.91. The zero-order chi connectivity index (χ0) is 21.0. The van der Waals surface area contributed by atoms with Gasteiger partial charge in [0.15, 0.2) is 0 Å². The number of carbonyl (C=O) groups is 1. The number of allylic oxidation sites excluding steroid dienone is 2. The van der Waals surface area contributed by atoms with Crippen molar-refractivity contribution in [1.29, 1.82) is 0 Å².